The molecule has 2 saturated heterocycles. The van der Waals surface area contributed by atoms with Crippen molar-refractivity contribution in [1.29, 1.82) is 0 Å². The standard InChI is InChI=1S/C26H26Cl2N4O3S/c27-20-8-9-24(28)25(15-20)30-11-13-31(14-12-30)26(33)23-18-32(17-22(23)19-5-2-1-3-6-19)36(34,35)21-7-4-10-29-16-21/h1-10,15-16,22-23H,11-14,17-18H2/t22-,23+/m0/s1. The van der Waals surface area contributed by atoms with Crippen LogP contribution in [-0.2, 0) is 14.8 Å². The van der Waals surface area contributed by atoms with E-state index in [9.17, 15) is 13.2 Å². The van der Waals surface area contributed by atoms with Crippen molar-refractivity contribution in [2.24, 2.45) is 5.92 Å². The van der Waals surface area contributed by atoms with Crippen LogP contribution >= 0.6 is 23.2 Å². The molecule has 36 heavy (non-hydrogen) atoms. The number of hydrogen-bond donors (Lipinski definition) is 0. The normalized spacial score (nSPS) is 21.1. The van der Waals surface area contributed by atoms with E-state index >= 15 is 0 Å². The number of nitrogens with zero attached hydrogens (tertiary/aromatic N) is 4. The third-order valence-electron chi connectivity index (χ3n) is 6.94. The molecule has 0 aliphatic carbocycles. The van der Waals surface area contributed by atoms with Gasteiger partial charge in [-0.3, -0.25) is 9.78 Å². The van der Waals surface area contributed by atoms with Crippen molar-refractivity contribution >= 4 is 44.8 Å². The Bertz CT molecular complexity index is 1330. The number of carbonyl (C=O) groups is 1. The van der Waals surface area contributed by atoms with Gasteiger partial charge in [0.25, 0.3) is 0 Å². The number of hydrogen-bond acceptors (Lipinski definition) is 5. The summed E-state index contributed by atoms with van der Waals surface area (Å²) < 4.78 is 28.1. The minimum absolute atomic E-state index is 0.0235. The third-order valence-corrected chi connectivity index (χ3v) is 9.31. The number of halogens is 2. The monoisotopic (exact) mass is 544 g/mol. The molecule has 3 heterocycles. The molecule has 1 aromatic heterocycles. The van der Waals surface area contributed by atoms with Gasteiger partial charge in [0.1, 0.15) is 4.90 Å². The van der Waals surface area contributed by atoms with Crippen LogP contribution in [0.5, 0.6) is 0 Å². The molecule has 0 spiro atoms. The second-order valence-corrected chi connectivity index (χ2v) is 11.8. The number of benzene rings is 2. The number of carbonyl (C=O) groups excluding carboxylic acids is 1. The predicted octanol–water partition coefficient (Wildman–Crippen LogP) is 4.14. The molecule has 1 amide bonds. The average Bonchev–Trinajstić information content (AvgIpc) is 3.37. The van der Waals surface area contributed by atoms with Gasteiger partial charge in [0.05, 0.1) is 16.6 Å². The van der Waals surface area contributed by atoms with E-state index in [4.69, 9.17) is 23.2 Å². The first-order chi connectivity index (χ1) is 17.3. The lowest BCUT2D eigenvalue weighted by Crippen LogP contribution is -2.51. The Morgan fingerprint density at radius 2 is 1.67 bits per heavy atom. The first-order valence-corrected chi connectivity index (χ1v) is 14.0. The fraction of sp³-hybridized carbons (Fsp3) is 0.308. The fourth-order valence-corrected chi connectivity index (χ4v) is 6.89. The van der Waals surface area contributed by atoms with E-state index in [1.165, 1.54) is 16.6 Å². The molecule has 0 saturated carbocycles. The molecule has 2 aliphatic rings. The van der Waals surface area contributed by atoms with Gasteiger partial charge >= 0.3 is 0 Å². The lowest BCUT2D eigenvalue weighted by Gasteiger charge is -2.38. The van der Waals surface area contributed by atoms with Gasteiger partial charge in [0, 0.05) is 62.6 Å². The molecule has 2 atom stereocenters. The van der Waals surface area contributed by atoms with Crippen LogP contribution in [0.3, 0.4) is 0 Å². The zero-order valence-electron chi connectivity index (χ0n) is 19.5. The molecule has 2 aromatic carbocycles. The Morgan fingerprint density at radius 1 is 0.917 bits per heavy atom. The van der Waals surface area contributed by atoms with Crippen LogP contribution < -0.4 is 4.90 Å². The van der Waals surface area contributed by atoms with Crippen molar-refractivity contribution < 1.29 is 13.2 Å². The number of amides is 1. The number of rotatable bonds is 5. The quantitative estimate of drug-likeness (QED) is 0.482. The van der Waals surface area contributed by atoms with E-state index in [1.54, 1.807) is 24.4 Å². The van der Waals surface area contributed by atoms with Crippen LogP contribution in [0.1, 0.15) is 11.5 Å². The molecule has 7 nitrogen and oxygen atoms in total. The SMILES string of the molecule is O=C([C@@H]1CN(S(=O)(=O)c2cccnc2)C[C@H]1c1ccccc1)N1CCN(c2cc(Cl)ccc2Cl)CC1. The van der Waals surface area contributed by atoms with Gasteiger partial charge in [-0.25, -0.2) is 8.42 Å². The molecule has 2 fully saturated rings. The summed E-state index contributed by atoms with van der Waals surface area (Å²) in [6.45, 7) is 2.66. The molecule has 3 aromatic rings. The number of anilines is 1. The summed E-state index contributed by atoms with van der Waals surface area (Å²) >= 11 is 12.5. The minimum Gasteiger partial charge on any atom is -0.367 e. The summed E-state index contributed by atoms with van der Waals surface area (Å²) in [6.07, 6.45) is 2.89. The highest BCUT2D eigenvalue weighted by atomic mass is 35.5. The summed E-state index contributed by atoms with van der Waals surface area (Å²) in [5.74, 6) is -0.727. The van der Waals surface area contributed by atoms with Crippen molar-refractivity contribution in [3.8, 4) is 0 Å². The van der Waals surface area contributed by atoms with E-state index in [0.717, 1.165) is 11.3 Å². The van der Waals surface area contributed by atoms with Crippen LogP contribution in [0.2, 0.25) is 10.0 Å². The van der Waals surface area contributed by atoms with E-state index in [-0.39, 0.29) is 29.8 Å². The van der Waals surface area contributed by atoms with Crippen LogP contribution in [0.4, 0.5) is 5.69 Å². The fourth-order valence-electron chi connectivity index (χ4n) is 5.03. The summed E-state index contributed by atoms with van der Waals surface area (Å²) in [5.41, 5.74) is 1.82. The van der Waals surface area contributed by atoms with Crippen LogP contribution in [-0.4, -0.2) is 67.8 Å². The maximum Gasteiger partial charge on any atom is 0.244 e. The Labute approximate surface area is 221 Å². The number of aromatic nitrogens is 1. The lowest BCUT2D eigenvalue weighted by molar-refractivity contribution is -0.135. The number of sulfonamides is 1. The largest absolute Gasteiger partial charge is 0.367 e. The lowest BCUT2D eigenvalue weighted by atomic mass is 9.88. The Balaban J connectivity index is 1.35. The molecular formula is C26H26Cl2N4O3S. The Kier molecular flexibility index (Phi) is 7.21. The summed E-state index contributed by atoms with van der Waals surface area (Å²) in [7, 11) is -3.77. The molecule has 0 unspecified atom stereocenters. The van der Waals surface area contributed by atoms with Crippen LogP contribution in [0, 0.1) is 5.92 Å². The Morgan fingerprint density at radius 3 is 2.36 bits per heavy atom. The molecule has 0 bridgehead atoms. The molecule has 10 heteroatoms. The van der Waals surface area contributed by atoms with Gasteiger partial charge in [0.15, 0.2) is 0 Å². The van der Waals surface area contributed by atoms with E-state index in [0.29, 0.717) is 36.2 Å². The van der Waals surface area contributed by atoms with Gasteiger partial charge < -0.3 is 9.80 Å². The van der Waals surface area contributed by atoms with Gasteiger partial charge in [-0.15, -0.1) is 0 Å². The zero-order valence-corrected chi connectivity index (χ0v) is 21.8. The molecule has 0 N–H and O–H groups in total. The third kappa shape index (κ3) is 4.95. The molecule has 0 radical (unpaired) electrons. The molecular weight excluding hydrogens is 519 g/mol. The summed E-state index contributed by atoms with van der Waals surface area (Å²) in [6, 6.07) is 18.2. The van der Waals surface area contributed by atoms with Gasteiger partial charge in [0.2, 0.25) is 15.9 Å². The maximum absolute atomic E-state index is 13.8. The highest BCUT2D eigenvalue weighted by molar-refractivity contribution is 7.89. The van der Waals surface area contributed by atoms with Crippen molar-refractivity contribution in [2.45, 2.75) is 10.8 Å². The first kappa shape index (κ1) is 25.0. The summed E-state index contributed by atoms with van der Waals surface area (Å²) in [4.78, 5) is 21.9. The van der Waals surface area contributed by atoms with Crippen LogP contribution in [0.15, 0.2) is 78.0 Å². The molecule has 5 rings (SSSR count). The smallest absolute Gasteiger partial charge is 0.244 e. The van der Waals surface area contributed by atoms with E-state index in [2.05, 4.69) is 9.88 Å². The van der Waals surface area contributed by atoms with Gasteiger partial charge in [-0.1, -0.05) is 53.5 Å². The van der Waals surface area contributed by atoms with Crippen LogP contribution in [0.25, 0.3) is 0 Å². The average molecular weight is 545 g/mol. The van der Waals surface area contributed by atoms with Gasteiger partial charge in [-0.05, 0) is 35.9 Å². The van der Waals surface area contributed by atoms with Crippen molar-refractivity contribution in [1.82, 2.24) is 14.2 Å². The topological polar surface area (TPSA) is 73.8 Å². The number of piperazine rings is 1. The minimum atomic E-state index is -3.77. The first-order valence-electron chi connectivity index (χ1n) is 11.8. The zero-order chi connectivity index (χ0) is 25.3. The second kappa shape index (κ2) is 10.4. The van der Waals surface area contributed by atoms with Gasteiger partial charge in [-0.2, -0.15) is 4.31 Å². The highest BCUT2D eigenvalue weighted by Crippen LogP contribution is 2.37. The van der Waals surface area contributed by atoms with Crippen molar-refractivity contribution in [3.05, 3.63) is 88.7 Å². The van der Waals surface area contributed by atoms with E-state index < -0.39 is 15.9 Å². The highest BCUT2D eigenvalue weighted by Gasteiger charge is 2.45. The Hall–Kier alpha value is -2.65. The second-order valence-electron chi connectivity index (χ2n) is 9.04. The number of pyridine rings is 1. The predicted molar refractivity (Wildman–Crippen MR) is 141 cm³/mol. The van der Waals surface area contributed by atoms with E-state index in [1.807, 2.05) is 41.3 Å². The van der Waals surface area contributed by atoms with Crippen molar-refractivity contribution in [2.75, 3.05) is 44.2 Å². The molecule has 2 aliphatic heterocycles. The summed E-state index contributed by atoms with van der Waals surface area (Å²) in [5, 5.41) is 1.23. The van der Waals surface area contributed by atoms with Crippen molar-refractivity contribution in [3.63, 3.8) is 0 Å². The molecule has 188 valence electrons. The maximum atomic E-state index is 13.8.